The second kappa shape index (κ2) is 8.18. The highest BCUT2D eigenvalue weighted by molar-refractivity contribution is 7.89. The minimum Gasteiger partial charge on any atom is -0.444 e. The van der Waals surface area contributed by atoms with Crippen LogP contribution in [0.3, 0.4) is 0 Å². The lowest BCUT2D eigenvalue weighted by Crippen LogP contribution is -2.55. The van der Waals surface area contributed by atoms with E-state index in [9.17, 15) is 18.0 Å². The van der Waals surface area contributed by atoms with Crippen LogP contribution in [0, 0.1) is 13.8 Å². The predicted octanol–water partition coefficient (Wildman–Crippen LogP) is 1.52. The van der Waals surface area contributed by atoms with E-state index in [2.05, 4.69) is 5.16 Å². The summed E-state index contributed by atoms with van der Waals surface area (Å²) in [6.07, 6.45) is 0.823. The Morgan fingerprint density at radius 2 is 1.73 bits per heavy atom. The molecule has 11 heteroatoms. The van der Waals surface area contributed by atoms with Crippen molar-refractivity contribution in [3.05, 3.63) is 11.5 Å². The quantitative estimate of drug-likeness (QED) is 0.697. The number of aryl methyl sites for hydroxylation is 2. The fraction of sp³-hybridized carbons (Fsp3) is 0.737. The smallest absolute Gasteiger partial charge is 0.410 e. The van der Waals surface area contributed by atoms with Crippen molar-refractivity contribution in [3.63, 3.8) is 0 Å². The number of rotatable bonds is 3. The highest BCUT2D eigenvalue weighted by Gasteiger charge is 2.40. The number of carbonyl (C=O) groups excluding carboxylic acids is 2. The number of hydrogen-bond acceptors (Lipinski definition) is 7. The van der Waals surface area contributed by atoms with Gasteiger partial charge in [0.05, 0.1) is 0 Å². The molecule has 2 aliphatic rings. The molecule has 3 rings (SSSR count). The molecule has 30 heavy (non-hydrogen) atoms. The molecule has 2 saturated heterocycles. The van der Waals surface area contributed by atoms with E-state index in [1.54, 1.807) is 39.5 Å². The molecule has 1 atom stereocenters. The van der Waals surface area contributed by atoms with Gasteiger partial charge in [0.15, 0.2) is 5.76 Å². The first-order valence-electron chi connectivity index (χ1n) is 10.1. The molecule has 0 aromatic carbocycles. The Balaban J connectivity index is 1.65. The van der Waals surface area contributed by atoms with Crippen molar-refractivity contribution < 1.29 is 27.3 Å². The highest BCUT2D eigenvalue weighted by atomic mass is 32.2. The molecule has 168 valence electrons. The average Bonchev–Trinajstić information content (AvgIpc) is 3.27. The van der Waals surface area contributed by atoms with Crippen molar-refractivity contribution in [2.75, 3.05) is 32.7 Å². The maximum atomic E-state index is 13.1. The number of likely N-dealkylation sites (tertiary alicyclic amines) is 1. The Morgan fingerprint density at radius 1 is 1.10 bits per heavy atom. The molecule has 3 heterocycles. The SMILES string of the molecule is Cc1noc(C)c1S(=O)(=O)N1CCN(C(=O)[C@@H]2CCCN2C(=O)OC(C)(C)C)CC1. The van der Waals surface area contributed by atoms with E-state index in [1.165, 1.54) is 9.21 Å². The molecule has 2 amide bonds. The average molecular weight is 443 g/mol. The van der Waals surface area contributed by atoms with Gasteiger partial charge in [-0.2, -0.15) is 4.31 Å². The van der Waals surface area contributed by atoms with E-state index in [0.29, 0.717) is 18.7 Å². The number of nitrogens with zero attached hydrogens (tertiary/aromatic N) is 4. The largest absolute Gasteiger partial charge is 0.444 e. The van der Waals surface area contributed by atoms with Crippen molar-refractivity contribution in [1.82, 2.24) is 19.3 Å². The van der Waals surface area contributed by atoms with E-state index < -0.39 is 27.8 Å². The van der Waals surface area contributed by atoms with Gasteiger partial charge in [-0.1, -0.05) is 5.16 Å². The summed E-state index contributed by atoms with van der Waals surface area (Å²) < 4.78 is 37.7. The van der Waals surface area contributed by atoms with Crippen molar-refractivity contribution >= 4 is 22.0 Å². The summed E-state index contributed by atoms with van der Waals surface area (Å²) in [6.45, 7) is 9.89. The zero-order valence-electron chi connectivity index (χ0n) is 18.2. The molecule has 0 radical (unpaired) electrons. The second-order valence-electron chi connectivity index (χ2n) is 8.71. The molecular formula is C19H30N4O6S. The molecule has 2 aliphatic heterocycles. The third-order valence-corrected chi connectivity index (χ3v) is 7.43. The number of piperazine rings is 1. The maximum absolute atomic E-state index is 13.1. The minimum absolute atomic E-state index is 0.0918. The van der Waals surface area contributed by atoms with Gasteiger partial charge in [0.2, 0.25) is 15.9 Å². The van der Waals surface area contributed by atoms with Crippen LogP contribution in [0.25, 0.3) is 0 Å². The van der Waals surface area contributed by atoms with Crippen LogP contribution in [-0.4, -0.2) is 84.0 Å². The van der Waals surface area contributed by atoms with Gasteiger partial charge in [-0.15, -0.1) is 0 Å². The van der Waals surface area contributed by atoms with E-state index in [-0.39, 0.29) is 42.7 Å². The predicted molar refractivity (Wildman–Crippen MR) is 107 cm³/mol. The summed E-state index contributed by atoms with van der Waals surface area (Å²) >= 11 is 0. The molecule has 1 aromatic heterocycles. The Morgan fingerprint density at radius 3 is 2.27 bits per heavy atom. The maximum Gasteiger partial charge on any atom is 0.410 e. The third-order valence-electron chi connectivity index (χ3n) is 5.28. The van der Waals surface area contributed by atoms with Gasteiger partial charge in [-0.25, -0.2) is 13.2 Å². The van der Waals surface area contributed by atoms with E-state index >= 15 is 0 Å². The molecule has 0 aliphatic carbocycles. The van der Waals surface area contributed by atoms with Crippen LogP contribution in [0.1, 0.15) is 45.1 Å². The zero-order chi connectivity index (χ0) is 22.3. The van der Waals surface area contributed by atoms with Crippen LogP contribution in [0.4, 0.5) is 4.79 Å². The van der Waals surface area contributed by atoms with Gasteiger partial charge in [0, 0.05) is 32.7 Å². The molecule has 1 aromatic rings. The molecule has 0 bridgehead atoms. The molecule has 0 saturated carbocycles. The first-order chi connectivity index (χ1) is 13.9. The number of hydrogen-bond donors (Lipinski definition) is 0. The number of carbonyl (C=O) groups is 2. The van der Waals surface area contributed by atoms with E-state index in [4.69, 9.17) is 9.26 Å². The highest BCUT2D eigenvalue weighted by Crippen LogP contribution is 2.26. The lowest BCUT2D eigenvalue weighted by molar-refractivity contribution is -0.137. The normalized spacial score (nSPS) is 21.2. The Kier molecular flexibility index (Phi) is 6.15. The number of ether oxygens (including phenoxy) is 1. The van der Waals surface area contributed by atoms with Crippen molar-refractivity contribution in [1.29, 1.82) is 0 Å². The summed E-state index contributed by atoms with van der Waals surface area (Å²) in [5.41, 5.74) is -0.309. The van der Waals surface area contributed by atoms with Gasteiger partial charge >= 0.3 is 6.09 Å². The number of aromatic nitrogens is 1. The van der Waals surface area contributed by atoms with E-state index in [1.807, 2.05) is 0 Å². The van der Waals surface area contributed by atoms with Crippen LogP contribution < -0.4 is 0 Å². The van der Waals surface area contributed by atoms with Crippen LogP contribution in [0.5, 0.6) is 0 Å². The van der Waals surface area contributed by atoms with Crippen molar-refractivity contribution in [2.24, 2.45) is 0 Å². The first kappa shape index (κ1) is 22.5. The zero-order valence-corrected chi connectivity index (χ0v) is 19.0. The molecule has 0 unspecified atom stereocenters. The lowest BCUT2D eigenvalue weighted by Gasteiger charge is -2.36. The standard InChI is InChI=1S/C19H30N4O6S/c1-13-16(14(2)29-20-13)30(26,27)22-11-9-21(10-12-22)17(24)15-7-6-8-23(15)18(25)28-19(3,4)5/h15H,6-12H2,1-5H3/t15-/m0/s1. The molecule has 10 nitrogen and oxygen atoms in total. The van der Waals surface area contributed by atoms with Gasteiger partial charge in [-0.05, 0) is 47.5 Å². The van der Waals surface area contributed by atoms with Crippen LogP contribution >= 0.6 is 0 Å². The molecule has 2 fully saturated rings. The number of sulfonamides is 1. The molecular weight excluding hydrogens is 412 g/mol. The second-order valence-corrected chi connectivity index (χ2v) is 10.6. The topological polar surface area (TPSA) is 113 Å². The fourth-order valence-electron chi connectivity index (χ4n) is 3.89. The Bertz CT molecular complexity index is 892. The van der Waals surface area contributed by atoms with Gasteiger partial charge < -0.3 is 14.2 Å². The van der Waals surface area contributed by atoms with Crippen LogP contribution in [0.15, 0.2) is 9.42 Å². The molecule has 0 spiro atoms. The minimum atomic E-state index is -3.74. The number of amides is 2. The first-order valence-corrected chi connectivity index (χ1v) is 11.6. The Hall–Kier alpha value is -2.14. The van der Waals surface area contributed by atoms with Crippen molar-refractivity contribution in [3.8, 4) is 0 Å². The van der Waals surface area contributed by atoms with Crippen molar-refractivity contribution in [2.45, 2.75) is 64.0 Å². The molecule has 0 N–H and O–H groups in total. The Labute approximate surface area is 177 Å². The van der Waals surface area contributed by atoms with Gasteiger partial charge in [-0.3, -0.25) is 9.69 Å². The fourth-order valence-corrected chi connectivity index (χ4v) is 5.61. The van der Waals surface area contributed by atoms with Gasteiger partial charge in [0.1, 0.15) is 22.2 Å². The summed E-state index contributed by atoms with van der Waals surface area (Å²) in [4.78, 5) is 28.7. The summed E-state index contributed by atoms with van der Waals surface area (Å²) in [5.74, 6) is 0.0951. The van der Waals surface area contributed by atoms with Crippen LogP contribution in [-0.2, 0) is 19.6 Å². The lowest BCUT2D eigenvalue weighted by atomic mass is 10.1. The summed E-state index contributed by atoms with van der Waals surface area (Å²) in [5, 5.41) is 3.73. The van der Waals surface area contributed by atoms with Crippen LogP contribution in [0.2, 0.25) is 0 Å². The third kappa shape index (κ3) is 4.46. The summed E-state index contributed by atoms with van der Waals surface area (Å²) in [6, 6.07) is -0.564. The van der Waals surface area contributed by atoms with E-state index in [0.717, 1.165) is 6.42 Å². The summed E-state index contributed by atoms with van der Waals surface area (Å²) in [7, 11) is -3.74. The monoisotopic (exact) mass is 442 g/mol. The van der Waals surface area contributed by atoms with Gasteiger partial charge in [0.25, 0.3) is 0 Å².